The average molecular weight is 214 g/mol. The molecule has 3 nitrogen and oxygen atoms in total. The van der Waals surface area contributed by atoms with E-state index in [1.807, 2.05) is 44.2 Å². The van der Waals surface area contributed by atoms with E-state index in [-0.39, 0.29) is 6.61 Å². The SMILES string of the molecule is Cc1cc(C)nc(-c2ccc(CO)cc2)n1. The van der Waals surface area contributed by atoms with Crippen LogP contribution in [-0.4, -0.2) is 15.1 Å². The quantitative estimate of drug-likeness (QED) is 0.834. The molecule has 0 radical (unpaired) electrons. The number of aromatic nitrogens is 2. The fraction of sp³-hybridized carbons (Fsp3) is 0.231. The summed E-state index contributed by atoms with van der Waals surface area (Å²) in [6.07, 6.45) is 0. The van der Waals surface area contributed by atoms with Gasteiger partial charge in [-0.2, -0.15) is 0 Å². The van der Waals surface area contributed by atoms with Crippen molar-refractivity contribution in [2.45, 2.75) is 20.5 Å². The maximum atomic E-state index is 8.96. The van der Waals surface area contributed by atoms with Crippen LogP contribution in [0.1, 0.15) is 17.0 Å². The van der Waals surface area contributed by atoms with E-state index >= 15 is 0 Å². The molecular formula is C13H14N2O. The van der Waals surface area contributed by atoms with Gasteiger partial charge in [-0.1, -0.05) is 24.3 Å². The Morgan fingerprint density at radius 1 is 1.00 bits per heavy atom. The number of aryl methyl sites for hydroxylation is 2. The van der Waals surface area contributed by atoms with Crippen molar-refractivity contribution in [2.75, 3.05) is 0 Å². The number of benzene rings is 1. The van der Waals surface area contributed by atoms with Crippen LogP contribution in [0.4, 0.5) is 0 Å². The van der Waals surface area contributed by atoms with Crippen molar-refractivity contribution in [3.63, 3.8) is 0 Å². The van der Waals surface area contributed by atoms with Crippen molar-refractivity contribution >= 4 is 0 Å². The lowest BCUT2D eigenvalue weighted by atomic mass is 10.1. The van der Waals surface area contributed by atoms with Crippen LogP contribution in [0.25, 0.3) is 11.4 Å². The Bertz CT molecular complexity index is 472. The lowest BCUT2D eigenvalue weighted by molar-refractivity contribution is 0.282. The molecule has 0 aliphatic carbocycles. The van der Waals surface area contributed by atoms with Gasteiger partial charge in [-0.15, -0.1) is 0 Å². The minimum absolute atomic E-state index is 0.0635. The lowest BCUT2D eigenvalue weighted by Gasteiger charge is -2.04. The third kappa shape index (κ3) is 2.25. The molecule has 0 spiro atoms. The Hall–Kier alpha value is -1.74. The lowest BCUT2D eigenvalue weighted by Crippen LogP contribution is -1.94. The first-order valence-corrected chi connectivity index (χ1v) is 5.21. The monoisotopic (exact) mass is 214 g/mol. The fourth-order valence-electron chi connectivity index (χ4n) is 1.61. The summed E-state index contributed by atoms with van der Waals surface area (Å²) in [6, 6.07) is 9.58. The van der Waals surface area contributed by atoms with Crippen LogP contribution in [0.2, 0.25) is 0 Å². The molecule has 3 heteroatoms. The van der Waals surface area contributed by atoms with Gasteiger partial charge in [-0.05, 0) is 25.5 Å². The molecule has 1 N–H and O–H groups in total. The number of hydrogen-bond donors (Lipinski definition) is 1. The Labute approximate surface area is 94.8 Å². The van der Waals surface area contributed by atoms with Crippen molar-refractivity contribution < 1.29 is 5.11 Å². The van der Waals surface area contributed by atoms with Crippen LogP contribution in [0, 0.1) is 13.8 Å². The number of hydrogen-bond acceptors (Lipinski definition) is 3. The highest BCUT2D eigenvalue weighted by molar-refractivity contribution is 5.55. The minimum atomic E-state index is 0.0635. The predicted molar refractivity (Wildman–Crippen MR) is 62.9 cm³/mol. The molecule has 1 heterocycles. The van der Waals surface area contributed by atoms with Gasteiger partial charge in [0.1, 0.15) is 0 Å². The summed E-state index contributed by atoms with van der Waals surface area (Å²) in [4.78, 5) is 8.77. The van der Waals surface area contributed by atoms with E-state index in [9.17, 15) is 0 Å². The topological polar surface area (TPSA) is 46.0 Å². The Kier molecular flexibility index (Phi) is 2.97. The first-order valence-electron chi connectivity index (χ1n) is 5.21. The third-order valence-electron chi connectivity index (χ3n) is 2.38. The van der Waals surface area contributed by atoms with Gasteiger partial charge in [0, 0.05) is 17.0 Å². The molecule has 0 saturated carbocycles. The third-order valence-corrected chi connectivity index (χ3v) is 2.38. The molecule has 0 aliphatic rings. The number of aliphatic hydroxyl groups excluding tert-OH is 1. The molecule has 0 amide bonds. The van der Waals surface area contributed by atoms with Gasteiger partial charge >= 0.3 is 0 Å². The van der Waals surface area contributed by atoms with Crippen molar-refractivity contribution in [2.24, 2.45) is 0 Å². The van der Waals surface area contributed by atoms with Gasteiger partial charge in [0.05, 0.1) is 6.61 Å². The second-order valence-electron chi connectivity index (χ2n) is 3.83. The molecule has 0 saturated heterocycles. The molecule has 2 rings (SSSR count). The van der Waals surface area contributed by atoms with Crippen LogP contribution < -0.4 is 0 Å². The van der Waals surface area contributed by atoms with Gasteiger partial charge in [0.2, 0.25) is 0 Å². The number of aliphatic hydroxyl groups is 1. The van der Waals surface area contributed by atoms with Crippen LogP contribution in [0.5, 0.6) is 0 Å². The highest BCUT2D eigenvalue weighted by atomic mass is 16.3. The van der Waals surface area contributed by atoms with E-state index in [2.05, 4.69) is 9.97 Å². The molecular weight excluding hydrogens is 200 g/mol. The maximum absolute atomic E-state index is 8.96. The Morgan fingerprint density at radius 2 is 1.56 bits per heavy atom. The summed E-state index contributed by atoms with van der Waals surface area (Å²) in [5.41, 5.74) is 3.81. The molecule has 0 bridgehead atoms. The fourth-order valence-corrected chi connectivity index (χ4v) is 1.61. The van der Waals surface area contributed by atoms with Crippen molar-refractivity contribution in [3.8, 4) is 11.4 Å². The molecule has 1 aromatic heterocycles. The number of rotatable bonds is 2. The smallest absolute Gasteiger partial charge is 0.159 e. The van der Waals surface area contributed by atoms with E-state index < -0.39 is 0 Å². The molecule has 16 heavy (non-hydrogen) atoms. The molecule has 82 valence electrons. The second-order valence-corrected chi connectivity index (χ2v) is 3.83. The molecule has 0 fully saturated rings. The zero-order valence-electron chi connectivity index (χ0n) is 9.44. The van der Waals surface area contributed by atoms with Gasteiger partial charge < -0.3 is 5.11 Å². The van der Waals surface area contributed by atoms with Gasteiger partial charge in [-0.25, -0.2) is 9.97 Å². The molecule has 1 aromatic carbocycles. The number of nitrogens with zero attached hydrogens (tertiary/aromatic N) is 2. The highest BCUT2D eigenvalue weighted by Gasteiger charge is 2.02. The van der Waals surface area contributed by atoms with Crippen LogP contribution in [0.15, 0.2) is 30.3 Å². The highest BCUT2D eigenvalue weighted by Crippen LogP contribution is 2.16. The van der Waals surface area contributed by atoms with Gasteiger partial charge in [0.15, 0.2) is 5.82 Å². The molecule has 2 aromatic rings. The van der Waals surface area contributed by atoms with Crippen LogP contribution >= 0.6 is 0 Å². The van der Waals surface area contributed by atoms with Gasteiger partial charge in [0.25, 0.3) is 0 Å². The van der Waals surface area contributed by atoms with E-state index in [1.54, 1.807) is 0 Å². The molecule has 0 unspecified atom stereocenters. The maximum Gasteiger partial charge on any atom is 0.159 e. The second kappa shape index (κ2) is 4.41. The van der Waals surface area contributed by atoms with Gasteiger partial charge in [-0.3, -0.25) is 0 Å². The summed E-state index contributed by atoms with van der Waals surface area (Å²) in [5, 5.41) is 8.96. The first kappa shape index (κ1) is 10.8. The summed E-state index contributed by atoms with van der Waals surface area (Å²) in [5.74, 6) is 0.738. The standard InChI is InChI=1S/C13H14N2O/c1-9-7-10(2)15-13(14-9)12-5-3-11(8-16)4-6-12/h3-7,16H,8H2,1-2H3. The van der Waals surface area contributed by atoms with E-state index in [0.717, 1.165) is 28.3 Å². The normalized spacial score (nSPS) is 10.4. The van der Waals surface area contributed by atoms with E-state index in [4.69, 9.17) is 5.11 Å². The Balaban J connectivity index is 2.42. The largest absolute Gasteiger partial charge is 0.392 e. The summed E-state index contributed by atoms with van der Waals surface area (Å²) in [7, 11) is 0. The zero-order chi connectivity index (χ0) is 11.5. The van der Waals surface area contributed by atoms with E-state index in [1.165, 1.54) is 0 Å². The van der Waals surface area contributed by atoms with Crippen LogP contribution in [0.3, 0.4) is 0 Å². The van der Waals surface area contributed by atoms with Crippen LogP contribution in [-0.2, 0) is 6.61 Å². The predicted octanol–water partition coefficient (Wildman–Crippen LogP) is 2.25. The van der Waals surface area contributed by atoms with Crippen molar-refractivity contribution in [3.05, 3.63) is 47.3 Å². The summed E-state index contributed by atoms with van der Waals surface area (Å²) >= 11 is 0. The molecule has 0 aliphatic heterocycles. The summed E-state index contributed by atoms with van der Waals surface area (Å²) < 4.78 is 0. The Morgan fingerprint density at radius 3 is 2.06 bits per heavy atom. The van der Waals surface area contributed by atoms with Crippen molar-refractivity contribution in [1.29, 1.82) is 0 Å². The zero-order valence-corrected chi connectivity index (χ0v) is 9.44. The summed E-state index contributed by atoms with van der Waals surface area (Å²) in [6.45, 7) is 3.98. The molecule has 0 atom stereocenters. The minimum Gasteiger partial charge on any atom is -0.392 e. The average Bonchev–Trinajstić information content (AvgIpc) is 2.28. The first-order chi connectivity index (χ1) is 7.69. The van der Waals surface area contributed by atoms with E-state index in [0.29, 0.717) is 0 Å². The van der Waals surface area contributed by atoms with Crippen molar-refractivity contribution in [1.82, 2.24) is 9.97 Å².